The van der Waals surface area contributed by atoms with E-state index in [1.165, 1.54) is 12.3 Å². The fourth-order valence-electron chi connectivity index (χ4n) is 1.28. The molecule has 0 fully saturated rings. The first-order chi connectivity index (χ1) is 8.25. The molecule has 0 spiro atoms. The Morgan fingerprint density at radius 2 is 2.35 bits per heavy atom. The van der Waals surface area contributed by atoms with Gasteiger partial charge < -0.3 is 10.4 Å². The fourth-order valence-corrected chi connectivity index (χ4v) is 1.28. The Labute approximate surface area is 97.1 Å². The largest absolute Gasteiger partial charge is 0.478 e. The first-order valence-electron chi connectivity index (χ1n) is 5.03. The fraction of sp³-hybridized carbons (Fsp3) is 0.200. The molecule has 0 amide bonds. The standard InChI is InChI=1S/C10H11N5O2/c16-10(17)8-1-2-9(12-7-8)11-3-5-15-6-4-13-14-15/h1-2,4,6-7H,3,5H2,(H,11,12)(H,16,17). The van der Waals surface area contributed by atoms with Crippen molar-refractivity contribution in [1.82, 2.24) is 20.0 Å². The van der Waals surface area contributed by atoms with E-state index in [1.54, 1.807) is 23.1 Å². The topological polar surface area (TPSA) is 92.9 Å². The van der Waals surface area contributed by atoms with Crippen LogP contribution in [-0.2, 0) is 6.54 Å². The molecule has 0 aliphatic heterocycles. The third-order valence-corrected chi connectivity index (χ3v) is 2.13. The minimum Gasteiger partial charge on any atom is -0.478 e. The molecule has 2 heterocycles. The van der Waals surface area contributed by atoms with Crippen molar-refractivity contribution in [3.05, 3.63) is 36.3 Å². The molecule has 7 heteroatoms. The number of anilines is 1. The second kappa shape index (κ2) is 5.06. The molecule has 0 bridgehead atoms. The highest BCUT2D eigenvalue weighted by molar-refractivity contribution is 5.87. The van der Waals surface area contributed by atoms with E-state index in [4.69, 9.17) is 5.11 Å². The predicted molar refractivity (Wildman–Crippen MR) is 59.7 cm³/mol. The van der Waals surface area contributed by atoms with Gasteiger partial charge in [-0.1, -0.05) is 5.21 Å². The van der Waals surface area contributed by atoms with Gasteiger partial charge >= 0.3 is 5.97 Å². The smallest absolute Gasteiger partial charge is 0.337 e. The molecule has 0 saturated heterocycles. The van der Waals surface area contributed by atoms with E-state index < -0.39 is 5.97 Å². The highest BCUT2D eigenvalue weighted by Crippen LogP contribution is 2.04. The third kappa shape index (κ3) is 3.00. The maximum Gasteiger partial charge on any atom is 0.337 e. The van der Waals surface area contributed by atoms with Gasteiger partial charge in [0.05, 0.1) is 18.3 Å². The van der Waals surface area contributed by atoms with Gasteiger partial charge in [-0.3, -0.25) is 4.68 Å². The second-order valence-corrected chi connectivity index (χ2v) is 3.33. The first kappa shape index (κ1) is 11.1. The lowest BCUT2D eigenvalue weighted by Crippen LogP contribution is -2.12. The van der Waals surface area contributed by atoms with Crippen LogP contribution in [0.3, 0.4) is 0 Å². The van der Waals surface area contributed by atoms with Crippen molar-refractivity contribution in [2.45, 2.75) is 6.54 Å². The van der Waals surface area contributed by atoms with E-state index in [1.807, 2.05) is 0 Å². The third-order valence-electron chi connectivity index (χ3n) is 2.13. The van der Waals surface area contributed by atoms with Crippen molar-refractivity contribution in [2.24, 2.45) is 0 Å². The number of carbonyl (C=O) groups is 1. The van der Waals surface area contributed by atoms with E-state index in [2.05, 4.69) is 20.6 Å². The van der Waals surface area contributed by atoms with Gasteiger partial charge in [-0.2, -0.15) is 0 Å². The zero-order valence-corrected chi connectivity index (χ0v) is 8.95. The minimum absolute atomic E-state index is 0.173. The summed E-state index contributed by atoms with van der Waals surface area (Å²) in [5, 5.41) is 19.3. The monoisotopic (exact) mass is 233 g/mol. The number of hydrogen-bond donors (Lipinski definition) is 2. The minimum atomic E-state index is -0.980. The van der Waals surface area contributed by atoms with Crippen molar-refractivity contribution >= 4 is 11.8 Å². The Balaban J connectivity index is 1.85. The summed E-state index contributed by atoms with van der Waals surface area (Å²) in [4.78, 5) is 14.6. The van der Waals surface area contributed by atoms with E-state index in [0.29, 0.717) is 18.9 Å². The molecule has 0 radical (unpaired) electrons. The van der Waals surface area contributed by atoms with Gasteiger partial charge in [0.25, 0.3) is 0 Å². The van der Waals surface area contributed by atoms with Crippen molar-refractivity contribution < 1.29 is 9.90 Å². The molecule has 2 aromatic heterocycles. The van der Waals surface area contributed by atoms with E-state index in [-0.39, 0.29) is 5.56 Å². The Morgan fingerprint density at radius 1 is 1.47 bits per heavy atom. The molecule has 0 saturated carbocycles. The highest BCUT2D eigenvalue weighted by atomic mass is 16.4. The van der Waals surface area contributed by atoms with Crippen molar-refractivity contribution in [1.29, 1.82) is 0 Å². The Hall–Kier alpha value is -2.44. The molecule has 0 aromatic carbocycles. The highest BCUT2D eigenvalue weighted by Gasteiger charge is 2.02. The summed E-state index contributed by atoms with van der Waals surface area (Å²) in [5.74, 6) is -0.346. The lowest BCUT2D eigenvalue weighted by molar-refractivity contribution is 0.0696. The Bertz CT molecular complexity index is 480. The number of carboxylic acid groups (broad SMARTS) is 1. The number of nitrogens with one attached hydrogen (secondary N) is 1. The van der Waals surface area contributed by atoms with Gasteiger partial charge in [-0.05, 0) is 12.1 Å². The molecule has 2 N–H and O–H groups in total. The number of hydrogen-bond acceptors (Lipinski definition) is 5. The number of pyridine rings is 1. The van der Waals surface area contributed by atoms with E-state index in [9.17, 15) is 4.79 Å². The van der Waals surface area contributed by atoms with Crippen LogP contribution in [-0.4, -0.2) is 37.6 Å². The van der Waals surface area contributed by atoms with Crippen molar-refractivity contribution in [3.8, 4) is 0 Å². The molecular formula is C10H11N5O2. The molecule has 0 atom stereocenters. The normalized spacial score (nSPS) is 10.1. The van der Waals surface area contributed by atoms with Crippen molar-refractivity contribution in [3.63, 3.8) is 0 Å². The summed E-state index contributed by atoms with van der Waals surface area (Å²) >= 11 is 0. The van der Waals surface area contributed by atoms with Gasteiger partial charge in [0.2, 0.25) is 0 Å². The van der Waals surface area contributed by atoms with Crippen LogP contribution in [0.5, 0.6) is 0 Å². The molecule has 0 aliphatic carbocycles. The van der Waals surface area contributed by atoms with Gasteiger partial charge in [0.15, 0.2) is 0 Å². The zero-order chi connectivity index (χ0) is 12.1. The first-order valence-corrected chi connectivity index (χ1v) is 5.03. The molecule has 88 valence electrons. The maximum atomic E-state index is 10.6. The van der Waals surface area contributed by atoms with Crippen LogP contribution in [0.15, 0.2) is 30.7 Å². The van der Waals surface area contributed by atoms with Gasteiger partial charge in [-0.15, -0.1) is 5.10 Å². The second-order valence-electron chi connectivity index (χ2n) is 3.33. The number of rotatable bonds is 5. The van der Waals surface area contributed by atoms with Crippen molar-refractivity contribution in [2.75, 3.05) is 11.9 Å². The SMILES string of the molecule is O=C(O)c1ccc(NCCn2ccnn2)nc1. The molecule has 2 aromatic rings. The predicted octanol–water partition coefficient (Wildman–Crippen LogP) is 0.483. The average Bonchev–Trinajstić information content (AvgIpc) is 2.83. The molecule has 17 heavy (non-hydrogen) atoms. The summed E-state index contributed by atoms with van der Waals surface area (Å²) in [5.41, 5.74) is 0.173. The molecular weight excluding hydrogens is 222 g/mol. The van der Waals surface area contributed by atoms with E-state index >= 15 is 0 Å². The van der Waals surface area contributed by atoms with Crippen LogP contribution in [0.4, 0.5) is 5.82 Å². The summed E-state index contributed by atoms with van der Waals surface area (Å²) in [6.07, 6.45) is 4.70. The summed E-state index contributed by atoms with van der Waals surface area (Å²) in [6, 6.07) is 3.14. The molecule has 2 rings (SSSR count). The average molecular weight is 233 g/mol. The maximum absolute atomic E-state index is 10.6. The summed E-state index contributed by atoms with van der Waals surface area (Å²) in [7, 11) is 0. The number of aromatic carboxylic acids is 1. The number of nitrogens with zero attached hydrogens (tertiary/aromatic N) is 4. The van der Waals surface area contributed by atoms with E-state index in [0.717, 1.165) is 0 Å². The number of carboxylic acids is 1. The lowest BCUT2D eigenvalue weighted by atomic mass is 10.3. The zero-order valence-electron chi connectivity index (χ0n) is 8.95. The number of aromatic nitrogens is 4. The summed E-state index contributed by atoms with van der Waals surface area (Å²) < 4.78 is 1.69. The molecule has 0 unspecified atom stereocenters. The Morgan fingerprint density at radius 3 is 2.94 bits per heavy atom. The van der Waals surface area contributed by atoms with Gasteiger partial charge in [0.1, 0.15) is 5.82 Å². The Kier molecular flexibility index (Phi) is 3.29. The van der Waals surface area contributed by atoms with Crippen LogP contribution in [0.25, 0.3) is 0 Å². The van der Waals surface area contributed by atoms with Crippen LogP contribution in [0.2, 0.25) is 0 Å². The quantitative estimate of drug-likeness (QED) is 0.780. The summed E-state index contributed by atoms with van der Waals surface area (Å²) in [6.45, 7) is 1.31. The van der Waals surface area contributed by atoms with Crippen LogP contribution < -0.4 is 5.32 Å². The van der Waals surface area contributed by atoms with Crippen LogP contribution in [0.1, 0.15) is 10.4 Å². The van der Waals surface area contributed by atoms with Gasteiger partial charge in [0, 0.05) is 18.9 Å². The van der Waals surface area contributed by atoms with Gasteiger partial charge in [-0.25, -0.2) is 9.78 Å². The molecule has 7 nitrogen and oxygen atoms in total. The lowest BCUT2D eigenvalue weighted by Gasteiger charge is -2.05. The molecule has 0 aliphatic rings. The van der Waals surface area contributed by atoms with Crippen LogP contribution in [0, 0.1) is 0 Å². The van der Waals surface area contributed by atoms with Crippen LogP contribution >= 0.6 is 0 Å².